The van der Waals surface area contributed by atoms with E-state index >= 15 is 0 Å². The molecule has 0 spiro atoms. The molecule has 8 heteroatoms. The number of hydrogen-bond acceptors (Lipinski definition) is 6. The zero-order valence-electron chi connectivity index (χ0n) is 21.3. The van der Waals surface area contributed by atoms with Gasteiger partial charge in [0, 0.05) is 41.7 Å². The number of carbonyl (C=O) groups excluding carboxylic acids is 2. The van der Waals surface area contributed by atoms with Gasteiger partial charge in [0.1, 0.15) is 5.69 Å². The van der Waals surface area contributed by atoms with Crippen molar-refractivity contribution >= 4 is 28.3 Å². The molecule has 0 bridgehead atoms. The quantitative estimate of drug-likeness (QED) is 0.404. The molecule has 4 rings (SSSR count). The van der Waals surface area contributed by atoms with Crippen LogP contribution in [0.25, 0.3) is 22.0 Å². The van der Waals surface area contributed by atoms with Crippen molar-refractivity contribution in [3.8, 4) is 17.3 Å². The Morgan fingerprint density at radius 2 is 2.03 bits per heavy atom. The summed E-state index contributed by atoms with van der Waals surface area (Å²) in [5, 5.41) is 17.0. The standard InChI is InChI=1S/C29H32N6O2/c1-4-22-15-21(12-13-35(22)3)33-29(37)26-7-5-6-25(34-26)20-9-8-19-10-11-23(28(31)36)27(24(19)14-20)32-17-18(2)16-30/h5-11,14,21-22,32H,2,4,12-13,15,17H2,1,3H3,(H2,31,36)(H,33,37). The Labute approximate surface area is 217 Å². The highest BCUT2D eigenvalue weighted by molar-refractivity contribution is 6.08. The SMILES string of the molecule is C=C(C#N)CNc1c(C(N)=O)ccc2ccc(-c3cccc(C(=O)NC4CCN(C)C(CC)C4)n3)cc12. The minimum Gasteiger partial charge on any atom is -0.379 e. The van der Waals surface area contributed by atoms with Crippen LogP contribution in [0.15, 0.2) is 60.7 Å². The Balaban J connectivity index is 1.63. The van der Waals surface area contributed by atoms with Gasteiger partial charge in [0.2, 0.25) is 0 Å². The van der Waals surface area contributed by atoms with Crippen LogP contribution in [0.1, 0.15) is 47.0 Å². The van der Waals surface area contributed by atoms with Crippen LogP contribution in [0.2, 0.25) is 0 Å². The molecule has 0 radical (unpaired) electrons. The number of nitrogens with two attached hydrogens (primary N) is 1. The number of rotatable bonds is 8. The lowest BCUT2D eigenvalue weighted by molar-refractivity contribution is 0.0881. The van der Waals surface area contributed by atoms with E-state index in [-0.39, 0.29) is 18.5 Å². The second-order valence-electron chi connectivity index (χ2n) is 9.50. The van der Waals surface area contributed by atoms with Crippen LogP contribution in [-0.4, -0.2) is 53.9 Å². The second-order valence-corrected chi connectivity index (χ2v) is 9.50. The summed E-state index contributed by atoms with van der Waals surface area (Å²) in [6, 6.07) is 17.2. The molecule has 2 aromatic carbocycles. The van der Waals surface area contributed by atoms with Crippen LogP contribution in [0.3, 0.4) is 0 Å². The Kier molecular flexibility index (Phi) is 7.85. The van der Waals surface area contributed by atoms with Gasteiger partial charge in [-0.15, -0.1) is 0 Å². The van der Waals surface area contributed by atoms with Gasteiger partial charge in [-0.25, -0.2) is 4.98 Å². The lowest BCUT2D eigenvalue weighted by Crippen LogP contribution is -2.48. The van der Waals surface area contributed by atoms with E-state index in [0.717, 1.165) is 42.1 Å². The number of benzene rings is 2. The third-order valence-corrected chi connectivity index (χ3v) is 7.02. The van der Waals surface area contributed by atoms with Crippen molar-refractivity contribution in [1.82, 2.24) is 15.2 Å². The number of amides is 2. The Bertz CT molecular complexity index is 1390. The normalized spacial score (nSPS) is 17.6. The summed E-state index contributed by atoms with van der Waals surface area (Å²) in [6.07, 6.45) is 2.90. The number of anilines is 1. The molecule has 4 N–H and O–H groups in total. The number of carbonyl (C=O) groups is 2. The average molecular weight is 497 g/mol. The number of piperidine rings is 1. The Morgan fingerprint density at radius 1 is 1.24 bits per heavy atom. The molecule has 190 valence electrons. The molecule has 1 saturated heterocycles. The molecular weight excluding hydrogens is 464 g/mol. The third kappa shape index (κ3) is 5.79. The van der Waals surface area contributed by atoms with Gasteiger partial charge in [-0.3, -0.25) is 9.59 Å². The number of aromatic nitrogens is 1. The van der Waals surface area contributed by atoms with Crippen LogP contribution < -0.4 is 16.4 Å². The van der Waals surface area contributed by atoms with Gasteiger partial charge in [-0.05, 0) is 56.0 Å². The fraction of sp³-hybridized carbons (Fsp3) is 0.310. The molecule has 37 heavy (non-hydrogen) atoms. The summed E-state index contributed by atoms with van der Waals surface area (Å²) in [7, 11) is 2.13. The van der Waals surface area contributed by atoms with E-state index in [9.17, 15) is 9.59 Å². The van der Waals surface area contributed by atoms with E-state index < -0.39 is 5.91 Å². The second kappa shape index (κ2) is 11.2. The summed E-state index contributed by atoms with van der Waals surface area (Å²) in [4.78, 5) is 32.2. The summed E-state index contributed by atoms with van der Waals surface area (Å²) in [6.45, 7) is 7.01. The van der Waals surface area contributed by atoms with Gasteiger partial charge < -0.3 is 21.3 Å². The number of primary amides is 1. The predicted molar refractivity (Wildman–Crippen MR) is 146 cm³/mol. The molecule has 2 amide bonds. The summed E-state index contributed by atoms with van der Waals surface area (Å²) >= 11 is 0. The molecule has 1 aliphatic rings. The lowest BCUT2D eigenvalue weighted by atomic mass is 9.96. The smallest absolute Gasteiger partial charge is 0.270 e. The average Bonchev–Trinajstić information content (AvgIpc) is 2.91. The summed E-state index contributed by atoms with van der Waals surface area (Å²) in [5.74, 6) is -0.756. The molecule has 0 aliphatic carbocycles. The van der Waals surface area contributed by atoms with Crippen molar-refractivity contribution in [2.24, 2.45) is 5.73 Å². The first-order chi connectivity index (χ1) is 17.8. The minimum absolute atomic E-state index is 0.129. The summed E-state index contributed by atoms with van der Waals surface area (Å²) in [5.41, 5.74) is 8.60. The van der Waals surface area contributed by atoms with E-state index in [4.69, 9.17) is 11.0 Å². The topological polar surface area (TPSA) is 124 Å². The number of pyridine rings is 1. The fourth-order valence-electron chi connectivity index (χ4n) is 4.87. The zero-order valence-corrected chi connectivity index (χ0v) is 21.3. The molecule has 0 saturated carbocycles. The van der Waals surface area contributed by atoms with Gasteiger partial charge in [0.25, 0.3) is 11.8 Å². The van der Waals surface area contributed by atoms with Crippen LogP contribution >= 0.6 is 0 Å². The fourth-order valence-corrected chi connectivity index (χ4v) is 4.87. The number of fused-ring (bicyclic) bond motifs is 1. The maximum atomic E-state index is 13.1. The maximum Gasteiger partial charge on any atom is 0.270 e. The Hall–Kier alpha value is -4.22. The first-order valence-corrected chi connectivity index (χ1v) is 12.5. The molecule has 8 nitrogen and oxygen atoms in total. The molecule has 2 atom stereocenters. The molecule has 1 aromatic heterocycles. The molecule has 1 aliphatic heterocycles. The van der Waals surface area contributed by atoms with Crippen molar-refractivity contribution in [1.29, 1.82) is 5.26 Å². The number of nitrogens with one attached hydrogen (secondary N) is 2. The number of likely N-dealkylation sites (tertiary alicyclic amines) is 1. The zero-order chi connectivity index (χ0) is 26.5. The first-order valence-electron chi connectivity index (χ1n) is 12.5. The van der Waals surface area contributed by atoms with E-state index in [2.05, 4.69) is 41.1 Å². The van der Waals surface area contributed by atoms with E-state index in [1.165, 1.54) is 0 Å². The summed E-state index contributed by atoms with van der Waals surface area (Å²) < 4.78 is 0. The third-order valence-electron chi connectivity index (χ3n) is 7.02. The number of nitriles is 1. The van der Waals surface area contributed by atoms with Gasteiger partial charge in [-0.1, -0.05) is 37.8 Å². The molecule has 1 fully saturated rings. The number of hydrogen-bond donors (Lipinski definition) is 3. The van der Waals surface area contributed by atoms with Gasteiger partial charge in [-0.2, -0.15) is 5.26 Å². The first kappa shape index (κ1) is 25.9. The monoisotopic (exact) mass is 496 g/mol. The van der Waals surface area contributed by atoms with E-state index in [1.807, 2.05) is 42.5 Å². The molecule has 3 aromatic rings. The molecular formula is C29H32N6O2. The van der Waals surface area contributed by atoms with Crippen molar-refractivity contribution in [2.75, 3.05) is 25.5 Å². The van der Waals surface area contributed by atoms with Crippen molar-refractivity contribution in [3.63, 3.8) is 0 Å². The molecule has 2 unspecified atom stereocenters. The largest absolute Gasteiger partial charge is 0.379 e. The van der Waals surface area contributed by atoms with Crippen LogP contribution in [0, 0.1) is 11.3 Å². The van der Waals surface area contributed by atoms with Crippen molar-refractivity contribution in [3.05, 3.63) is 71.9 Å². The maximum absolute atomic E-state index is 13.1. The highest BCUT2D eigenvalue weighted by Gasteiger charge is 2.26. The van der Waals surface area contributed by atoms with Crippen molar-refractivity contribution in [2.45, 2.75) is 38.3 Å². The van der Waals surface area contributed by atoms with E-state index in [1.54, 1.807) is 12.1 Å². The van der Waals surface area contributed by atoms with Crippen molar-refractivity contribution < 1.29 is 9.59 Å². The van der Waals surface area contributed by atoms with Crippen LogP contribution in [-0.2, 0) is 0 Å². The minimum atomic E-state index is -0.576. The number of nitrogens with zero attached hydrogens (tertiary/aromatic N) is 3. The van der Waals surface area contributed by atoms with Crippen LogP contribution in [0.4, 0.5) is 5.69 Å². The van der Waals surface area contributed by atoms with Crippen LogP contribution in [0.5, 0.6) is 0 Å². The Morgan fingerprint density at radius 3 is 2.76 bits per heavy atom. The highest BCUT2D eigenvalue weighted by atomic mass is 16.2. The highest BCUT2D eigenvalue weighted by Crippen LogP contribution is 2.31. The van der Waals surface area contributed by atoms with Gasteiger partial charge in [0.05, 0.1) is 23.0 Å². The van der Waals surface area contributed by atoms with E-state index in [0.29, 0.717) is 34.3 Å². The van der Waals surface area contributed by atoms with Gasteiger partial charge >= 0.3 is 0 Å². The predicted octanol–water partition coefficient (Wildman–Crippen LogP) is 4.09. The van der Waals surface area contributed by atoms with Gasteiger partial charge in [0.15, 0.2) is 0 Å². The molecule has 2 heterocycles. The lowest BCUT2D eigenvalue weighted by Gasteiger charge is -2.36.